The first-order valence-corrected chi connectivity index (χ1v) is 7.50. The summed E-state index contributed by atoms with van der Waals surface area (Å²) in [6.07, 6.45) is 5.67. The molecular formula is C13H18BrN5. The van der Waals surface area contributed by atoms with Crippen LogP contribution in [-0.4, -0.2) is 40.8 Å². The minimum absolute atomic E-state index is 0.500. The minimum atomic E-state index is 0.500. The van der Waals surface area contributed by atoms with Crippen LogP contribution in [-0.2, 0) is 0 Å². The molecule has 2 aromatic heterocycles. The molecule has 0 aromatic carbocycles. The van der Waals surface area contributed by atoms with Gasteiger partial charge in [-0.05, 0) is 54.4 Å². The van der Waals surface area contributed by atoms with Crippen LogP contribution in [0.3, 0.4) is 0 Å². The smallest absolute Gasteiger partial charge is 0.245 e. The van der Waals surface area contributed by atoms with E-state index in [1.807, 2.05) is 29.9 Å². The zero-order chi connectivity index (χ0) is 13.2. The van der Waals surface area contributed by atoms with Gasteiger partial charge in [0.25, 0.3) is 0 Å². The zero-order valence-electron chi connectivity index (χ0n) is 11.0. The first kappa shape index (κ1) is 12.9. The Bertz CT molecular complexity index is 565. The number of rotatable bonds is 3. The molecule has 2 aromatic rings. The third kappa shape index (κ3) is 2.60. The van der Waals surface area contributed by atoms with E-state index < -0.39 is 0 Å². The Labute approximate surface area is 121 Å². The van der Waals surface area contributed by atoms with Gasteiger partial charge in [-0.2, -0.15) is 4.98 Å². The van der Waals surface area contributed by atoms with Gasteiger partial charge in [0.1, 0.15) is 0 Å². The second kappa shape index (κ2) is 5.46. The number of hydrogen-bond donors (Lipinski definition) is 1. The van der Waals surface area contributed by atoms with E-state index in [2.05, 4.69) is 36.2 Å². The van der Waals surface area contributed by atoms with Crippen molar-refractivity contribution < 1.29 is 0 Å². The third-order valence-electron chi connectivity index (χ3n) is 3.61. The van der Waals surface area contributed by atoms with E-state index in [-0.39, 0.29) is 0 Å². The molecule has 1 aliphatic rings. The fraction of sp³-hybridized carbons (Fsp3) is 0.538. The van der Waals surface area contributed by atoms with Gasteiger partial charge in [-0.1, -0.05) is 0 Å². The Morgan fingerprint density at radius 3 is 3.16 bits per heavy atom. The Kier molecular flexibility index (Phi) is 3.70. The van der Waals surface area contributed by atoms with Crippen molar-refractivity contribution in [2.75, 3.05) is 25.0 Å². The zero-order valence-corrected chi connectivity index (χ0v) is 12.6. The topological polar surface area (TPSA) is 45.5 Å². The monoisotopic (exact) mass is 323 g/mol. The molecule has 3 heterocycles. The van der Waals surface area contributed by atoms with Crippen LogP contribution < -0.4 is 10.2 Å². The molecule has 5 nitrogen and oxygen atoms in total. The summed E-state index contributed by atoms with van der Waals surface area (Å²) < 4.78 is 2.85. The van der Waals surface area contributed by atoms with Crippen molar-refractivity contribution in [1.29, 1.82) is 0 Å². The fourth-order valence-corrected chi connectivity index (χ4v) is 3.01. The van der Waals surface area contributed by atoms with Gasteiger partial charge in [-0.15, -0.1) is 5.10 Å². The normalized spacial score (nSPS) is 20.1. The van der Waals surface area contributed by atoms with Crippen LogP contribution in [0.4, 0.5) is 5.95 Å². The number of hydrogen-bond acceptors (Lipinski definition) is 4. The van der Waals surface area contributed by atoms with E-state index in [0.717, 1.165) is 29.2 Å². The summed E-state index contributed by atoms with van der Waals surface area (Å²) in [4.78, 5) is 6.97. The first-order chi connectivity index (χ1) is 9.28. The maximum atomic E-state index is 4.64. The lowest BCUT2D eigenvalue weighted by atomic mass is 10.0. The highest BCUT2D eigenvalue weighted by atomic mass is 79.9. The van der Waals surface area contributed by atoms with Crippen molar-refractivity contribution in [3.8, 4) is 0 Å². The molecule has 0 aliphatic carbocycles. The number of piperidine rings is 1. The van der Waals surface area contributed by atoms with Gasteiger partial charge >= 0.3 is 0 Å². The highest BCUT2D eigenvalue weighted by molar-refractivity contribution is 9.10. The summed E-state index contributed by atoms with van der Waals surface area (Å²) >= 11 is 3.46. The van der Waals surface area contributed by atoms with Crippen LogP contribution in [0.2, 0.25) is 0 Å². The predicted molar refractivity (Wildman–Crippen MR) is 79.6 cm³/mol. The number of nitrogens with zero attached hydrogens (tertiary/aromatic N) is 4. The Morgan fingerprint density at radius 2 is 2.32 bits per heavy atom. The molecule has 6 heteroatoms. The van der Waals surface area contributed by atoms with Crippen LogP contribution in [0.25, 0.3) is 5.65 Å². The number of likely N-dealkylation sites (N-methyl/N-ethyl adjacent to an activating group) is 1. The van der Waals surface area contributed by atoms with E-state index in [1.54, 1.807) is 0 Å². The molecule has 102 valence electrons. The molecule has 0 amide bonds. The molecule has 0 bridgehead atoms. The molecule has 1 unspecified atom stereocenters. The molecule has 1 fully saturated rings. The van der Waals surface area contributed by atoms with Crippen molar-refractivity contribution in [3.63, 3.8) is 0 Å². The van der Waals surface area contributed by atoms with Crippen molar-refractivity contribution in [3.05, 3.63) is 22.8 Å². The molecule has 19 heavy (non-hydrogen) atoms. The van der Waals surface area contributed by atoms with Gasteiger partial charge < -0.3 is 10.2 Å². The van der Waals surface area contributed by atoms with Crippen LogP contribution >= 0.6 is 15.9 Å². The lowest BCUT2D eigenvalue weighted by molar-refractivity contribution is 0.440. The minimum Gasteiger partial charge on any atom is -0.335 e. The lowest BCUT2D eigenvalue weighted by Crippen LogP contribution is -2.45. The molecule has 0 spiro atoms. The molecule has 1 saturated heterocycles. The van der Waals surface area contributed by atoms with Gasteiger partial charge in [0.15, 0.2) is 5.65 Å². The Morgan fingerprint density at radius 1 is 1.42 bits per heavy atom. The molecule has 0 saturated carbocycles. The quantitative estimate of drug-likeness (QED) is 0.939. The van der Waals surface area contributed by atoms with Gasteiger partial charge in [0.2, 0.25) is 5.95 Å². The maximum Gasteiger partial charge on any atom is 0.245 e. The van der Waals surface area contributed by atoms with Crippen LogP contribution in [0.1, 0.15) is 19.3 Å². The second-order valence-corrected chi connectivity index (χ2v) is 5.88. The highest BCUT2D eigenvalue weighted by Gasteiger charge is 2.25. The molecule has 0 radical (unpaired) electrons. The van der Waals surface area contributed by atoms with Crippen LogP contribution in [0.5, 0.6) is 0 Å². The Hall–Kier alpha value is -1.14. The number of nitrogens with one attached hydrogen (secondary N) is 1. The van der Waals surface area contributed by atoms with Crippen molar-refractivity contribution >= 4 is 27.5 Å². The molecular weight excluding hydrogens is 306 g/mol. The van der Waals surface area contributed by atoms with E-state index in [4.69, 9.17) is 0 Å². The van der Waals surface area contributed by atoms with Crippen molar-refractivity contribution in [2.24, 2.45) is 0 Å². The third-order valence-corrected chi connectivity index (χ3v) is 4.08. The average molecular weight is 324 g/mol. The van der Waals surface area contributed by atoms with Gasteiger partial charge in [0.05, 0.1) is 0 Å². The van der Waals surface area contributed by atoms with Gasteiger partial charge in [-0.25, -0.2) is 4.52 Å². The largest absolute Gasteiger partial charge is 0.335 e. The summed E-state index contributed by atoms with van der Waals surface area (Å²) in [5, 5.41) is 7.87. The number of aromatic nitrogens is 3. The number of fused-ring (bicyclic) bond motifs is 1. The lowest BCUT2D eigenvalue weighted by Gasteiger charge is -2.34. The van der Waals surface area contributed by atoms with Crippen LogP contribution in [0, 0.1) is 0 Å². The highest BCUT2D eigenvalue weighted by Crippen LogP contribution is 2.22. The summed E-state index contributed by atoms with van der Waals surface area (Å²) in [5.74, 6) is 0.845. The van der Waals surface area contributed by atoms with Crippen molar-refractivity contribution in [2.45, 2.75) is 25.3 Å². The number of halogens is 1. The summed E-state index contributed by atoms with van der Waals surface area (Å²) in [6.45, 7) is 2.03. The van der Waals surface area contributed by atoms with Crippen LogP contribution in [0.15, 0.2) is 22.8 Å². The maximum absolute atomic E-state index is 4.64. The Balaban J connectivity index is 1.92. The molecule has 3 rings (SSSR count). The van der Waals surface area contributed by atoms with E-state index >= 15 is 0 Å². The SMILES string of the molecule is CNCC1CCCCN1c1nc2ccc(Br)cn2n1. The standard InChI is InChI=1S/C13H18BrN5/c1-15-8-11-4-2-3-7-18(11)13-16-12-6-5-10(14)9-19(12)17-13/h5-6,9,11,15H,2-4,7-8H2,1H3. The molecule has 1 N–H and O–H groups in total. The summed E-state index contributed by atoms with van der Waals surface area (Å²) in [7, 11) is 2.00. The number of pyridine rings is 1. The summed E-state index contributed by atoms with van der Waals surface area (Å²) in [6, 6.07) is 4.48. The van der Waals surface area contributed by atoms with Crippen molar-refractivity contribution in [1.82, 2.24) is 19.9 Å². The molecule has 1 aliphatic heterocycles. The second-order valence-electron chi connectivity index (χ2n) is 4.96. The number of anilines is 1. The fourth-order valence-electron chi connectivity index (χ4n) is 2.68. The van der Waals surface area contributed by atoms with E-state index in [9.17, 15) is 0 Å². The van der Waals surface area contributed by atoms with Gasteiger partial charge in [-0.3, -0.25) is 0 Å². The van der Waals surface area contributed by atoms with E-state index in [1.165, 1.54) is 19.3 Å². The average Bonchev–Trinajstić information content (AvgIpc) is 2.82. The predicted octanol–water partition coefficient (Wildman–Crippen LogP) is 2.07. The van der Waals surface area contributed by atoms with E-state index in [0.29, 0.717) is 6.04 Å². The van der Waals surface area contributed by atoms with Gasteiger partial charge in [0, 0.05) is 29.8 Å². The molecule has 1 atom stereocenters. The first-order valence-electron chi connectivity index (χ1n) is 6.71. The summed E-state index contributed by atoms with van der Waals surface area (Å²) in [5.41, 5.74) is 0.895.